The molecule has 2 amide bonds. The molecule has 1 aromatic heterocycles. The quantitative estimate of drug-likeness (QED) is 0.436. The summed E-state index contributed by atoms with van der Waals surface area (Å²) >= 11 is 1.05. The van der Waals surface area contributed by atoms with Crippen molar-refractivity contribution in [3.8, 4) is 0 Å². The Kier molecular flexibility index (Phi) is 7.33. The van der Waals surface area contributed by atoms with Crippen LogP contribution in [0.5, 0.6) is 0 Å². The van der Waals surface area contributed by atoms with Gasteiger partial charge in [0.25, 0.3) is 11.8 Å². The Hall–Kier alpha value is -3.45. The van der Waals surface area contributed by atoms with Crippen molar-refractivity contribution in [2.24, 2.45) is 0 Å². The van der Waals surface area contributed by atoms with E-state index >= 15 is 0 Å². The molecule has 0 aliphatic carbocycles. The second-order valence-electron chi connectivity index (χ2n) is 8.58. The number of ether oxygens (including phenoxy) is 1. The fourth-order valence-electron chi connectivity index (χ4n) is 3.27. The van der Waals surface area contributed by atoms with E-state index < -0.39 is 5.97 Å². The normalized spacial score (nSPS) is 11.1. The van der Waals surface area contributed by atoms with Gasteiger partial charge in [-0.05, 0) is 54.7 Å². The van der Waals surface area contributed by atoms with Crippen LogP contribution in [0.15, 0.2) is 54.6 Å². The first-order valence-corrected chi connectivity index (χ1v) is 11.5. The molecule has 0 atom stereocenters. The number of amides is 2. The van der Waals surface area contributed by atoms with E-state index in [0.29, 0.717) is 21.7 Å². The van der Waals surface area contributed by atoms with Gasteiger partial charge in [-0.15, -0.1) is 11.3 Å². The largest absolute Gasteiger partial charge is 0.462 e. The van der Waals surface area contributed by atoms with E-state index in [2.05, 4.69) is 31.4 Å². The summed E-state index contributed by atoms with van der Waals surface area (Å²) in [6.07, 6.45) is 0. The molecule has 0 aliphatic rings. The van der Waals surface area contributed by atoms with Gasteiger partial charge >= 0.3 is 5.97 Å². The molecule has 7 heteroatoms. The van der Waals surface area contributed by atoms with Crippen LogP contribution >= 0.6 is 11.3 Å². The van der Waals surface area contributed by atoms with E-state index in [1.807, 2.05) is 30.3 Å². The number of benzene rings is 2. The minimum atomic E-state index is -0.580. The van der Waals surface area contributed by atoms with Gasteiger partial charge in [0.2, 0.25) is 0 Å². The number of para-hydroxylation sites is 1. The molecule has 0 radical (unpaired) electrons. The fourth-order valence-corrected chi connectivity index (χ4v) is 4.36. The molecule has 0 saturated carbocycles. The summed E-state index contributed by atoms with van der Waals surface area (Å²) in [6.45, 7) is 9.87. The number of nitrogens with one attached hydrogen (secondary N) is 2. The molecule has 33 heavy (non-hydrogen) atoms. The summed E-state index contributed by atoms with van der Waals surface area (Å²) < 4.78 is 5.19. The minimum Gasteiger partial charge on any atom is -0.462 e. The first kappa shape index (κ1) is 24.2. The van der Waals surface area contributed by atoms with Crippen LogP contribution in [-0.4, -0.2) is 24.4 Å². The third-order valence-electron chi connectivity index (χ3n) is 5.10. The number of carbonyl (C=O) groups excluding carboxylic acids is 3. The zero-order chi connectivity index (χ0) is 24.2. The number of thiophene rings is 1. The third kappa shape index (κ3) is 5.68. The van der Waals surface area contributed by atoms with Gasteiger partial charge in [0, 0.05) is 11.3 Å². The van der Waals surface area contributed by atoms with Gasteiger partial charge in [-0.2, -0.15) is 0 Å². The van der Waals surface area contributed by atoms with Crippen molar-refractivity contribution in [2.75, 3.05) is 17.2 Å². The minimum absolute atomic E-state index is 0.0298. The molecule has 3 rings (SSSR count). The Morgan fingerprint density at radius 3 is 2.12 bits per heavy atom. The first-order valence-electron chi connectivity index (χ1n) is 10.7. The Labute approximate surface area is 198 Å². The van der Waals surface area contributed by atoms with E-state index in [9.17, 15) is 14.4 Å². The summed E-state index contributed by atoms with van der Waals surface area (Å²) in [5, 5.41) is 5.91. The van der Waals surface area contributed by atoms with Gasteiger partial charge in [0.1, 0.15) is 5.00 Å². The van der Waals surface area contributed by atoms with Crippen LogP contribution in [0.4, 0.5) is 10.7 Å². The van der Waals surface area contributed by atoms with Gasteiger partial charge in [-0.25, -0.2) is 4.79 Å². The molecule has 0 unspecified atom stereocenters. The molecule has 172 valence electrons. The van der Waals surface area contributed by atoms with E-state index in [1.54, 1.807) is 38.1 Å². The van der Waals surface area contributed by atoms with E-state index in [-0.39, 0.29) is 34.4 Å². The van der Waals surface area contributed by atoms with Crippen molar-refractivity contribution in [3.05, 3.63) is 81.7 Å². The molecular formula is C26H28N2O4S. The topological polar surface area (TPSA) is 84.5 Å². The highest BCUT2D eigenvalue weighted by Crippen LogP contribution is 2.35. The maximum atomic E-state index is 12.9. The predicted octanol–water partition coefficient (Wildman–Crippen LogP) is 6.04. The predicted molar refractivity (Wildman–Crippen MR) is 133 cm³/mol. The van der Waals surface area contributed by atoms with Gasteiger partial charge < -0.3 is 15.4 Å². The average molecular weight is 465 g/mol. The number of rotatable bonds is 6. The average Bonchev–Trinajstić information content (AvgIpc) is 3.10. The highest BCUT2D eigenvalue weighted by molar-refractivity contribution is 7.19. The Morgan fingerprint density at radius 1 is 0.909 bits per heavy atom. The first-order chi connectivity index (χ1) is 15.6. The van der Waals surface area contributed by atoms with Crippen LogP contribution in [0.1, 0.15) is 69.2 Å². The number of hydrogen-bond donors (Lipinski definition) is 2. The summed E-state index contributed by atoms with van der Waals surface area (Å²) in [4.78, 5) is 38.8. The van der Waals surface area contributed by atoms with Crippen molar-refractivity contribution in [1.82, 2.24) is 0 Å². The molecule has 2 N–H and O–H groups in total. The van der Waals surface area contributed by atoms with Crippen molar-refractivity contribution >= 4 is 39.8 Å². The molecule has 0 bridgehead atoms. The van der Waals surface area contributed by atoms with Crippen molar-refractivity contribution in [1.29, 1.82) is 0 Å². The van der Waals surface area contributed by atoms with Crippen LogP contribution in [0.3, 0.4) is 0 Å². The third-order valence-corrected chi connectivity index (χ3v) is 6.31. The summed E-state index contributed by atoms with van der Waals surface area (Å²) in [6, 6.07) is 16.4. The highest BCUT2D eigenvalue weighted by atomic mass is 32.1. The van der Waals surface area contributed by atoms with Gasteiger partial charge in [-0.1, -0.05) is 51.1 Å². The van der Waals surface area contributed by atoms with Crippen LogP contribution in [0.25, 0.3) is 0 Å². The Balaban J connectivity index is 1.91. The zero-order valence-corrected chi connectivity index (χ0v) is 20.3. The zero-order valence-electron chi connectivity index (χ0n) is 19.4. The summed E-state index contributed by atoms with van der Waals surface area (Å²) in [5.41, 5.74) is 2.83. The monoisotopic (exact) mass is 464 g/mol. The lowest BCUT2D eigenvalue weighted by Crippen LogP contribution is -2.16. The van der Waals surface area contributed by atoms with Crippen molar-refractivity contribution < 1.29 is 19.1 Å². The molecule has 6 nitrogen and oxygen atoms in total. The maximum Gasteiger partial charge on any atom is 0.341 e. The second-order valence-corrected chi connectivity index (χ2v) is 9.60. The standard InChI is InChI=1S/C26H28N2O4S/c1-6-32-25(31)20-16(2)21(23(30)27-19-10-8-7-9-11-19)33-24(20)28-22(29)17-12-14-18(15-13-17)26(3,4)5/h7-15H,6H2,1-5H3,(H,27,30)(H,28,29). The van der Waals surface area contributed by atoms with E-state index in [0.717, 1.165) is 16.9 Å². The van der Waals surface area contributed by atoms with Gasteiger partial charge in [-0.3, -0.25) is 9.59 Å². The highest BCUT2D eigenvalue weighted by Gasteiger charge is 2.27. The molecule has 1 heterocycles. The van der Waals surface area contributed by atoms with Crippen LogP contribution in [0, 0.1) is 6.92 Å². The molecule has 3 aromatic rings. The van der Waals surface area contributed by atoms with E-state index in [1.165, 1.54) is 0 Å². The number of anilines is 2. The molecule has 0 spiro atoms. The molecule has 0 saturated heterocycles. The lowest BCUT2D eigenvalue weighted by Gasteiger charge is -2.19. The lowest BCUT2D eigenvalue weighted by molar-refractivity contribution is 0.0527. The molecule has 0 aliphatic heterocycles. The number of esters is 1. The van der Waals surface area contributed by atoms with Gasteiger partial charge in [0.05, 0.1) is 17.0 Å². The maximum absolute atomic E-state index is 12.9. The van der Waals surface area contributed by atoms with Gasteiger partial charge in [0.15, 0.2) is 0 Å². The Bertz CT molecular complexity index is 1160. The Morgan fingerprint density at radius 2 is 1.55 bits per heavy atom. The van der Waals surface area contributed by atoms with Crippen molar-refractivity contribution in [2.45, 2.75) is 40.0 Å². The molecular weight excluding hydrogens is 436 g/mol. The summed E-state index contributed by atoms with van der Waals surface area (Å²) in [7, 11) is 0. The lowest BCUT2D eigenvalue weighted by atomic mass is 9.87. The number of carbonyl (C=O) groups is 3. The van der Waals surface area contributed by atoms with Crippen LogP contribution in [0.2, 0.25) is 0 Å². The number of hydrogen-bond acceptors (Lipinski definition) is 5. The van der Waals surface area contributed by atoms with Crippen molar-refractivity contribution in [3.63, 3.8) is 0 Å². The van der Waals surface area contributed by atoms with Crippen LogP contribution in [-0.2, 0) is 10.2 Å². The smallest absolute Gasteiger partial charge is 0.341 e. The van der Waals surface area contributed by atoms with Crippen LogP contribution < -0.4 is 10.6 Å². The summed E-state index contributed by atoms with van der Waals surface area (Å²) in [5.74, 6) is -1.30. The molecule has 2 aromatic carbocycles. The fraction of sp³-hybridized carbons (Fsp3) is 0.269. The second kappa shape index (κ2) is 10.0. The molecule has 0 fully saturated rings. The van der Waals surface area contributed by atoms with E-state index in [4.69, 9.17) is 4.74 Å². The SMILES string of the molecule is CCOC(=O)c1c(NC(=O)c2ccc(C(C)(C)C)cc2)sc(C(=O)Nc2ccccc2)c1C.